The van der Waals surface area contributed by atoms with Gasteiger partial charge in [-0.3, -0.25) is 0 Å². The van der Waals surface area contributed by atoms with Gasteiger partial charge in [-0.25, -0.2) is 4.98 Å². The largest absolute Gasteiger partial charge is 0.493 e. The lowest BCUT2D eigenvalue weighted by molar-refractivity contribution is 0.312. The van der Waals surface area contributed by atoms with E-state index in [4.69, 9.17) is 4.74 Å². The first-order chi connectivity index (χ1) is 10.2. The minimum Gasteiger partial charge on any atom is -0.493 e. The Bertz CT molecular complexity index is 580. The predicted molar refractivity (Wildman–Crippen MR) is 83.5 cm³/mol. The third-order valence-corrected chi connectivity index (χ3v) is 4.03. The fourth-order valence-corrected chi connectivity index (χ4v) is 3.04. The average Bonchev–Trinajstić information content (AvgIpc) is 2.87. The average molecular weight is 285 g/mol. The van der Waals surface area contributed by atoms with Crippen LogP contribution in [-0.2, 0) is 6.54 Å². The first-order valence-electron chi connectivity index (χ1n) is 7.68. The van der Waals surface area contributed by atoms with Gasteiger partial charge >= 0.3 is 0 Å². The van der Waals surface area contributed by atoms with Crippen LogP contribution in [0.1, 0.15) is 36.9 Å². The lowest BCUT2D eigenvalue weighted by Gasteiger charge is -2.24. The zero-order valence-electron chi connectivity index (χ0n) is 12.7. The van der Waals surface area contributed by atoms with E-state index in [1.165, 1.54) is 11.1 Å². The Morgan fingerprint density at radius 1 is 1.48 bits per heavy atom. The normalized spacial score (nSPS) is 19.4. The lowest BCUT2D eigenvalue weighted by Crippen LogP contribution is -2.33. The van der Waals surface area contributed by atoms with Gasteiger partial charge in [0.25, 0.3) is 0 Å². The second-order valence-corrected chi connectivity index (χ2v) is 5.86. The van der Waals surface area contributed by atoms with Gasteiger partial charge in [0.05, 0.1) is 12.9 Å². The Kier molecular flexibility index (Phi) is 4.25. The number of fused-ring (bicyclic) bond motifs is 1. The maximum absolute atomic E-state index is 5.94. The summed E-state index contributed by atoms with van der Waals surface area (Å²) in [5, 5.41) is 3.75. The van der Waals surface area contributed by atoms with Crippen LogP contribution in [0.2, 0.25) is 0 Å². The van der Waals surface area contributed by atoms with Crippen LogP contribution in [-0.4, -0.2) is 22.2 Å². The van der Waals surface area contributed by atoms with Gasteiger partial charge in [0.1, 0.15) is 5.75 Å². The van der Waals surface area contributed by atoms with Crippen molar-refractivity contribution in [3.63, 3.8) is 0 Å². The van der Waals surface area contributed by atoms with Crippen LogP contribution in [0.25, 0.3) is 0 Å². The van der Waals surface area contributed by atoms with E-state index in [0.29, 0.717) is 12.1 Å². The van der Waals surface area contributed by atoms with Crippen molar-refractivity contribution in [2.75, 3.05) is 6.61 Å². The Balaban J connectivity index is 1.74. The highest BCUT2D eigenvalue weighted by Gasteiger charge is 2.22. The van der Waals surface area contributed by atoms with E-state index in [2.05, 4.69) is 46.9 Å². The second kappa shape index (κ2) is 6.31. The highest BCUT2D eigenvalue weighted by atomic mass is 16.5. The Morgan fingerprint density at radius 2 is 2.38 bits per heavy atom. The molecular weight excluding hydrogens is 262 g/mol. The molecule has 0 aliphatic carbocycles. The number of para-hydroxylation sites is 1. The second-order valence-electron chi connectivity index (χ2n) is 5.86. The topological polar surface area (TPSA) is 39.1 Å². The molecule has 0 bridgehead atoms. The first kappa shape index (κ1) is 14.1. The van der Waals surface area contributed by atoms with Crippen LogP contribution in [0.4, 0.5) is 0 Å². The van der Waals surface area contributed by atoms with Crippen LogP contribution in [0.3, 0.4) is 0 Å². The molecule has 1 aromatic heterocycles. The van der Waals surface area contributed by atoms with Gasteiger partial charge in [0, 0.05) is 36.6 Å². The predicted octanol–water partition coefficient (Wildman–Crippen LogP) is 3.08. The molecule has 2 unspecified atom stereocenters. The van der Waals surface area contributed by atoms with Gasteiger partial charge in [0.2, 0.25) is 0 Å². The molecule has 2 atom stereocenters. The summed E-state index contributed by atoms with van der Waals surface area (Å²) in [6.45, 7) is 6.09. The van der Waals surface area contributed by atoms with E-state index in [0.717, 1.165) is 31.7 Å². The Hall–Kier alpha value is -1.81. The van der Waals surface area contributed by atoms with E-state index >= 15 is 0 Å². The molecule has 0 spiro atoms. The van der Waals surface area contributed by atoms with E-state index in [-0.39, 0.29) is 0 Å². The summed E-state index contributed by atoms with van der Waals surface area (Å²) in [6.07, 6.45) is 7.90. The molecule has 1 aromatic carbocycles. The molecule has 1 aliphatic rings. The van der Waals surface area contributed by atoms with Crippen LogP contribution in [0, 0.1) is 6.92 Å². The van der Waals surface area contributed by atoms with Crippen molar-refractivity contribution < 1.29 is 4.74 Å². The number of hydrogen-bond donors (Lipinski definition) is 1. The molecule has 0 amide bonds. The number of hydrogen-bond acceptors (Lipinski definition) is 3. The third kappa shape index (κ3) is 3.27. The molecule has 1 aliphatic heterocycles. The summed E-state index contributed by atoms with van der Waals surface area (Å²) in [6, 6.07) is 7.18. The smallest absolute Gasteiger partial charge is 0.126 e. The number of rotatable bonds is 4. The molecule has 2 heterocycles. The first-order valence-corrected chi connectivity index (χ1v) is 7.68. The number of aryl methyl sites for hydroxylation is 1. The van der Waals surface area contributed by atoms with Crippen molar-refractivity contribution in [2.45, 2.75) is 45.3 Å². The molecule has 4 nitrogen and oxygen atoms in total. The van der Waals surface area contributed by atoms with Gasteiger partial charge in [-0.15, -0.1) is 0 Å². The van der Waals surface area contributed by atoms with Crippen molar-refractivity contribution in [1.82, 2.24) is 14.9 Å². The van der Waals surface area contributed by atoms with Gasteiger partial charge in [0.15, 0.2) is 0 Å². The van der Waals surface area contributed by atoms with E-state index in [1.807, 2.05) is 18.7 Å². The van der Waals surface area contributed by atoms with Gasteiger partial charge < -0.3 is 14.6 Å². The van der Waals surface area contributed by atoms with E-state index < -0.39 is 0 Å². The van der Waals surface area contributed by atoms with Crippen LogP contribution in [0.15, 0.2) is 36.9 Å². The molecule has 112 valence electrons. The Morgan fingerprint density at radius 3 is 3.19 bits per heavy atom. The molecule has 0 fully saturated rings. The quantitative estimate of drug-likeness (QED) is 0.938. The number of aromatic nitrogens is 2. The van der Waals surface area contributed by atoms with Crippen molar-refractivity contribution in [2.24, 2.45) is 0 Å². The zero-order valence-corrected chi connectivity index (χ0v) is 12.7. The number of imidazole rings is 1. The molecule has 0 saturated carbocycles. The van der Waals surface area contributed by atoms with Crippen molar-refractivity contribution in [3.8, 4) is 5.75 Å². The number of nitrogens with one attached hydrogen (secondary N) is 1. The summed E-state index contributed by atoms with van der Waals surface area (Å²) < 4.78 is 8.05. The molecule has 3 rings (SSSR count). The molecule has 4 heteroatoms. The minimum atomic E-state index is 0.362. The summed E-state index contributed by atoms with van der Waals surface area (Å²) >= 11 is 0. The third-order valence-electron chi connectivity index (χ3n) is 4.03. The number of nitrogens with zero attached hydrogens (tertiary/aromatic N) is 2. The maximum Gasteiger partial charge on any atom is 0.126 e. The summed E-state index contributed by atoms with van der Waals surface area (Å²) in [7, 11) is 0. The summed E-state index contributed by atoms with van der Waals surface area (Å²) in [5.74, 6) is 1.07. The molecule has 2 aromatic rings. The zero-order chi connectivity index (χ0) is 14.7. The van der Waals surface area contributed by atoms with Crippen molar-refractivity contribution in [1.29, 1.82) is 0 Å². The molecule has 0 saturated heterocycles. The van der Waals surface area contributed by atoms with Crippen LogP contribution >= 0.6 is 0 Å². The lowest BCUT2D eigenvalue weighted by atomic mass is 9.99. The number of benzene rings is 1. The fraction of sp³-hybridized carbons (Fsp3) is 0.471. The van der Waals surface area contributed by atoms with Crippen molar-refractivity contribution >= 4 is 0 Å². The standard InChI is InChI=1S/C17H23N3O/c1-13-5-3-6-15-16(7-4-10-21-17(13)15)19-14(2)11-20-9-8-18-12-20/h3,5-6,8-9,12,14,16,19H,4,7,10-11H2,1-2H3. The highest BCUT2D eigenvalue weighted by molar-refractivity contribution is 5.43. The fourth-order valence-electron chi connectivity index (χ4n) is 3.04. The summed E-state index contributed by atoms with van der Waals surface area (Å²) in [5.41, 5.74) is 2.52. The van der Waals surface area contributed by atoms with Crippen LogP contribution in [0.5, 0.6) is 5.75 Å². The van der Waals surface area contributed by atoms with Gasteiger partial charge in [-0.1, -0.05) is 18.2 Å². The van der Waals surface area contributed by atoms with Crippen LogP contribution < -0.4 is 10.1 Å². The van der Waals surface area contributed by atoms with Crippen molar-refractivity contribution in [3.05, 3.63) is 48.0 Å². The van der Waals surface area contributed by atoms with Gasteiger partial charge in [-0.05, 0) is 32.3 Å². The molecule has 1 N–H and O–H groups in total. The number of ether oxygens (including phenoxy) is 1. The monoisotopic (exact) mass is 285 g/mol. The van der Waals surface area contributed by atoms with E-state index in [1.54, 1.807) is 0 Å². The Labute approximate surface area is 126 Å². The summed E-state index contributed by atoms with van der Waals surface area (Å²) in [4.78, 5) is 4.10. The minimum absolute atomic E-state index is 0.362. The SMILES string of the molecule is Cc1cccc2c1OCCCC2NC(C)Cn1ccnc1. The molecular formula is C17H23N3O. The highest BCUT2D eigenvalue weighted by Crippen LogP contribution is 2.34. The maximum atomic E-state index is 5.94. The molecule has 21 heavy (non-hydrogen) atoms. The van der Waals surface area contributed by atoms with Gasteiger partial charge in [-0.2, -0.15) is 0 Å². The van der Waals surface area contributed by atoms with E-state index in [9.17, 15) is 0 Å². The molecule has 0 radical (unpaired) electrons.